The third-order valence-corrected chi connectivity index (χ3v) is 17.8. The van der Waals surface area contributed by atoms with Crippen molar-refractivity contribution in [1.82, 2.24) is 73.5 Å². The lowest BCUT2D eigenvalue weighted by Crippen LogP contribution is -2.47. The fourth-order valence-corrected chi connectivity index (χ4v) is 10.7. The molecular formula is C62H131N31O13. The van der Waals surface area contributed by atoms with E-state index in [4.69, 9.17) is 91.7 Å². The Bertz CT molecular complexity index is 2370. The summed E-state index contributed by atoms with van der Waals surface area (Å²) in [6.07, 6.45) is -2.56. The van der Waals surface area contributed by atoms with Gasteiger partial charge >= 0.3 is 0 Å². The molecule has 0 aromatic heterocycles. The standard InChI is InChI=1S/C62H131N31O13/c1-62(2,3)93(19-4-18-79(20-5-49(94)80(24-9-54(99)85(33-63)34-64)25-10-55(100)86(35-65)36-66)21-6-50(95)81(26-11-56(101)87(37-67)38-68)27-12-57(102)88(39-69)40-70)32-17-53(98)84(22-7-51(96)82(28-13-58(103)89(41-71)42-72)29-14-59(104)90(43-73)44-74)23-8-52(97)83(30-15-60(105)91(45-75)46-76)31-16-61(106)92(47-77)48-78/h4-48,63-78H2,1-3H3. The van der Waals surface area contributed by atoms with Crippen LogP contribution in [-0.2, 0) is 62.3 Å². The maximum absolute atomic E-state index is 14.9. The molecule has 0 bridgehead atoms. The predicted molar refractivity (Wildman–Crippen MR) is 395 cm³/mol. The van der Waals surface area contributed by atoms with E-state index in [9.17, 15) is 62.3 Å². The number of amides is 13. The largest absolute Gasteiger partial charge is 0.342 e. The van der Waals surface area contributed by atoms with Gasteiger partial charge in [0.2, 0.25) is 76.8 Å². The Morgan fingerprint density at radius 3 is 0.453 bits per heavy atom. The fraction of sp³-hybridized carbons (Fsp3) is 0.790. The van der Waals surface area contributed by atoms with E-state index < -0.39 is 82.3 Å². The molecule has 0 heterocycles. The van der Waals surface area contributed by atoms with Gasteiger partial charge in [0.25, 0.3) is 0 Å². The van der Waals surface area contributed by atoms with Crippen LogP contribution in [0.15, 0.2) is 0 Å². The average molecular weight is 1520 g/mol. The van der Waals surface area contributed by atoms with E-state index in [1.165, 1.54) is 44.1 Å². The van der Waals surface area contributed by atoms with Crippen molar-refractivity contribution in [2.45, 2.75) is 116 Å². The molecule has 0 aliphatic carbocycles. The number of hydrogen-bond acceptors (Lipinski definition) is 31. The van der Waals surface area contributed by atoms with E-state index in [1.54, 1.807) is 0 Å². The van der Waals surface area contributed by atoms with Crippen LogP contribution in [0.5, 0.6) is 0 Å². The number of carbonyl (C=O) groups is 13. The lowest BCUT2D eigenvalue weighted by Gasteiger charge is -2.37. The Morgan fingerprint density at radius 2 is 0.311 bits per heavy atom. The van der Waals surface area contributed by atoms with Gasteiger partial charge in [0, 0.05) is 174 Å². The van der Waals surface area contributed by atoms with E-state index in [0.717, 1.165) is 19.6 Å². The van der Waals surface area contributed by atoms with Crippen molar-refractivity contribution in [2.24, 2.45) is 91.7 Å². The molecule has 0 spiro atoms. The molecule has 0 atom stereocenters. The summed E-state index contributed by atoms with van der Waals surface area (Å²) >= 11 is 0. The molecule has 0 saturated carbocycles. The van der Waals surface area contributed by atoms with Crippen LogP contribution in [-0.4, -0.2) is 361 Å². The summed E-state index contributed by atoms with van der Waals surface area (Å²) in [7, 11) is 0. The fourth-order valence-electron chi connectivity index (χ4n) is 10.7. The van der Waals surface area contributed by atoms with E-state index in [-0.39, 0.29) is 282 Å². The van der Waals surface area contributed by atoms with Crippen molar-refractivity contribution >= 4 is 76.8 Å². The normalized spacial score (nSPS) is 11.3. The lowest BCUT2D eigenvalue weighted by atomic mass is 10.0. The third-order valence-electron chi connectivity index (χ3n) is 17.8. The first kappa shape index (κ1) is 98.4. The van der Waals surface area contributed by atoms with Gasteiger partial charge in [0.05, 0.1) is 107 Å². The SMILES string of the molecule is CC(C)(C)N(CCCN(CCC(=O)N(CCC(=O)N(CN)CN)CCC(=O)N(CN)CN)CCC(=O)N(CCC(=O)N(CN)CN)CCC(=O)N(CN)CN)CCC(=O)N(CCC(=O)N(CCC(=O)N(CN)CN)CCC(=O)N(CN)CN)CCC(=O)N(CCC(=O)N(CN)CN)CCC(=O)N(CN)CN. The Labute approximate surface area is 623 Å². The Kier molecular flexibility index (Phi) is 51.8. The molecule has 44 nitrogen and oxygen atoms in total. The minimum Gasteiger partial charge on any atom is -0.342 e. The Balaban J connectivity index is 7.71. The van der Waals surface area contributed by atoms with Crippen LogP contribution in [0.2, 0.25) is 0 Å². The summed E-state index contributed by atoms with van der Waals surface area (Å²) in [4.78, 5) is 197. The molecule has 32 N–H and O–H groups in total. The monoisotopic (exact) mass is 1520 g/mol. The molecule has 106 heavy (non-hydrogen) atoms. The molecule has 0 aromatic rings. The molecule has 13 amide bonds. The van der Waals surface area contributed by atoms with Gasteiger partial charge in [-0.1, -0.05) is 0 Å². The highest BCUT2D eigenvalue weighted by atomic mass is 16.2. The van der Waals surface area contributed by atoms with Gasteiger partial charge < -0.3 is 160 Å². The molecule has 0 rings (SSSR count). The van der Waals surface area contributed by atoms with Crippen LogP contribution >= 0.6 is 0 Å². The third kappa shape index (κ3) is 37.3. The summed E-state index contributed by atoms with van der Waals surface area (Å²) in [5.41, 5.74) is 91.2. The van der Waals surface area contributed by atoms with Crippen LogP contribution < -0.4 is 91.7 Å². The summed E-state index contributed by atoms with van der Waals surface area (Å²) in [6.45, 7) is 1.67. The van der Waals surface area contributed by atoms with Crippen molar-refractivity contribution in [2.75, 3.05) is 205 Å². The van der Waals surface area contributed by atoms with Crippen molar-refractivity contribution < 1.29 is 62.3 Å². The average Bonchev–Trinajstić information content (AvgIpc) is 0.882. The van der Waals surface area contributed by atoms with E-state index in [2.05, 4.69) is 0 Å². The zero-order chi connectivity index (χ0) is 80.5. The topological polar surface area (TPSA) is 687 Å². The van der Waals surface area contributed by atoms with Crippen LogP contribution in [0.4, 0.5) is 0 Å². The molecule has 0 saturated heterocycles. The molecule has 0 aliphatic heterocycles. The maximum atomic E-state index is 14.9. The van der Waals surface area contributed by atoms with Gasteiger partial charge in [0.15, 0.2) is 0 Å². The molecule has 44 heteroatoms. The summed E-state index contributed by atoms with van der Waals surface area (Å²) in [6, 6.07) is 0. The Morgan fingerprint density at radius 1 is 0.179 bits per heavy atom. The highest BCUT2D eigenvalue weighted by molar-refractivity contribution is 5.85. The number of carbonyl (C=O) groups excluding carboxylic acids is 13. The first-order chi connectivity index (χ1) is 50.4. The van der Waals surface area contributed by atoms with Gasteiger partial charge in [-0.25, -0.2) is 0 Å². The van der Waals surface area contributed by atoms with E-state index in [0.29, 0.717) is 13.0 Å². The van der Waals surface area contributed by atoms with Crippen LogP contribution in [0.1, 0.15) is 111 Å². The first-order valence-corrected chi connectivity index (χ1v) is 35.7. The van der Waals surface area contributed by atoms with Crippen molar-refractivity contribution in [3.63, 3.8) is 0 Å². The van der Waals surface area contributed by atoms with E-state index in [1.807, 2.05) is 30.6 Å². The molecule has 0 aliphatic rings. The number of nitrogens with two attached hydrogens (primary N) is 16. The highest BCUT2D eigenvalue weighted by Gasteiger charge is 2.30. The van der Waals surface area contributed by atoms with Gasteiger partial charge in [-0.3, -0.25) is 67.2 Å². The van der Waals surface area contributed by atoms with Crippen molar-refractivity contribution in [1.29, 1.82) is 0 Å². The maximum Gasteiger partial charge on any atom is 0.226 e. The van der Waals surface area contributed by atoms with Crippen molar-refractivity contribution in [3.05, 3.63) is 0 Å². The van der Waals surface area contributed by atoms with Crippen LogP contribution in [0, 0.1) is 0 Å². The summed E-state index contributed by atoms with van der Waals surface area (Å²) in [5, 5.41) is 0. The highest BCUT2D eigenvalue weighted by Crippen LogP contribution is 2.18. The lowest BCUT2D eigenvalue weighted by molar-refractivity contribution is -0.139. The zero-order valence-corrected chi connectivity index (χ0v) is 63.1. The van der Waals surface area contributed by atoms with Gasteiger partial charge in [-0.2, -0.15) is 0 Å². The number of rotatable bonds is 59. The molecule has 612 valence electrons. The Hall–Kier alpha value is -7.61. The minimum absolute atomic E-state index is 0.0364. The minimum atomic E-state index is -0.637. The molecular weight excluding hydrogens is 1390 g/mol. The second kappa shape index (κ2) is 55.8. The molecule has 0 radical (unpaired) electrons. The first-order valence-electron chi connectivity index (χ1n) is 35.7. The predicted octanol–water partition coefficient (Wildman–Crippen LogP) is -11.7. The summed E-state index contributed by atoms with van der Waals surface area (Å²) in [5.74, 6) is -6.20. The van der Waals surface area contributed by atoms with Gasteiger partial charge in [-0.05, 0) is 40.3 Å². The summed E-state index contributed by atoms with van der Waals surface area (Å²) < 4.78 is 0. The van der Waals surface area contributed by atoms with Crippen molar-refractivity contribution in [3.8, 4) is 0 Å². The number of hydrogen-bond donors (Lipinski definition) is 16. The zero-order valence-electron chi connectivity index (χ0n) is 63.1. The van der Waals surface area contributed by atoms with Gasteiger partial charge in [0.1, 0.15) is 0 Å². The van der Waals surface area contributed by atoms with E-state index >= 15 is 0 Å². The molecule has 0 aromatic carbocycles. The quantitative estimate of drug-likeness (QED) is 0.0251. The molecule has 0 unspecified atom stereocenters. The smallest absolute Gasteiger partial charge is 0.226 e. The number of nitrogens with zero attached hydrogens (tertiary/aromatic N) is 15. The second-order valence-corrected chi connectivity index (χ2v) is 25.4. The van der Waals surface area contributed by atoms with Crippen LogP contribution in [0.3, 0.4) is 0 Å². The van der Waals surface area contributed by atoms with Crippen LogP contribution in [0.25, 0.3) is 0 Å². The van der Waals surface area contributed by atoms with Gasteiger partial charge in [-0.15, -0.1) is 0 Å². The molecule has 0 fully saturated rings. The second-order valence-electron chi connectivity index (χ2n) is 25.4.